The number of nitrogens with one attached hydrogen (secondary N) is 4. The number of aryl methyl sites for hydroxylation is 1. The van der Waals surface area contributed by atoms with Gasteiger partial charge in [-0.25, -0.2) is 4.98 Å². The Hall–Kier alpha value is -3.88. The maximum absolute atomic E-state index is 13.2. The zero-order valence-corrected chi connectivity index (χ0v) is 18.9. The lowest BCUT2D eigenvalue weighted by atomic mass is 9.98. The molecule has 9 heteroatoms. The molecule has 2 heterocycles. The summed E-state index contributed by atoms with van der Waals surface area (Å²) in [5.41, 5.74) is 10.3. The highest BCUT2D eigenvalue weighted by Crippen LogP contribution is 2.27. The van der Waals surface area contributed by atoms with Gasteiger partial charge < -0.3 is 26.3 Å². The quantitative estimate of drug-likeness (QED) is 0.280. The van der Waals surface area contributed by atoms with Gasteiger partial charge in [-0.05, 0) is 61.2 Å². The number of amides is 2. The number of hydrogen-bond donors (Lipinski definition) is 5. The van der Waals surface area contributed by atoms with Crippen molar-refractivity contribution >= 4 is 34.4 Å². The molecule has 1 aromatic heterocycles. The number of hydrogen-bond acceptors (Lipinski definition) is 5. The van der Waals surface area contributed by atoms with Crippen molar-refractivity contribution in [2.24, 2.45) is 5.73 Å². The summed E-state index contributed by atoms with van der Waals surface area (Å²) >= 11 is 0. The third-order valence-corrected chi connectivity index (χ3v) is 5.98. The van der Waals surface area contributed by atoms with E-state index in [1.807, 2.05) is 36.1 Å². The van der Waals surface area contributed by atoms with Gasteiger partial charge in [0.05, 0.1) is 17.6 Å². The Kier molecular flexibility index (Phi) is 6.30. The highest BCUT2D eigenvalue weighted by Gasteiger charge is 2.30. The van der Waals surface area contributed by atoms with Crippen LogP contribution < -0.4 is 16.4 Å². The molecule has 4 rings (SSSR count). The minimum Gasteiger partial charge on any atom is -0.384 e. The van der Waals surface area contributed by atoms with Gasteiger partial charge in [0.1, 0.15) is 17.7 Å². The molecule has 1 fully saturated rings. The van der Waals surface area contributed by atoms with E-state index in [1.54, 1.807) is 12.1 Å². The lowest BCUT2D eigenvalue weighted by Crippen LogP contribution is -2.41. The minimum absolute atomic E-state index is 0.0332. The van der Waals surface area contributed by atoms with Crippen LogP contribution in [-0.4, -0.2) is 45.6 Å². The molecule has 1 aliphatic rings. The van der Waals surface area contributed by atoms with Crippen LogP contribution in [0.15, 0.2) is 36.4 Å². The van der Waals surface area contributed by atoms with Crippen LogP contribution in [0, 0.1) is 12.3 Å². The molecule has 1 unspecified atom stereocenters. The predicted molar refractivity (Wildman–Crippen MR) is 128 cm³/mol. The van der Waals surface area contributed by atoms with Crippen molar-refractivity contribution in [3.63, 3.8) is 0 Å². The van der Waals surface area contributed by atoms with E-state index in [9.17, 15) is 9.59 Å². The largest absolute Gasteiger partial charge is 0.384 e. The van der Waals surface area contributed by atoms with Gasteiger partial charge >= 0.3 is 0 Å². The van der Waals surface area contributed by atoms with Crippen molar-refractivity contribution in [2.45, 2.75) is 39.3 Å². The minimum atomic E-state index is -0.719. The van der Waals surface area contributed by atoms with Crippen LogP contribution in [0.4, 0.5) is 5.69 Å². The van der Waals surface area contributed by atoms with Crippen LogP contribution in [0.5, 0.6) is 0 Å². The van der Waals surface area contributed by atoms with Gasteiger partial charge in [0, 0.05) is 31.3 Å². The van der Waals surface area contributed by atoms with E-state index in [0.717, 1.165) is 59.6 Å². The number of nitrogen functional groups attached to an aromatic ring is 1. The molecular formula is C24H29N7O2. The average Bonchev–Trinajstić information content (AvgIpc) is 3.47. The summed E-state index contributed by atoms with van der Waals surface area (Å²) < 4.78 is 0. The monoisotopic (exact) mass is 447 g/mol. The number of imidazole rings is 1. The Labute approximate surface area is 192 Å². The number of anilines is 1. The first kappa shape index (κ1) is 22.3. The summed E-state index contributed by atoms with van der Waals surface area (Å²) in [6.45, 7) is 5.29. The number of aromatic amines is 1. The van der Waals surface area contributed by atoms with Crippen LogP contribution >= 0.6 is 0 Å². The number of fused-ring (bicyclic) bond motifs is 1. The van der Waals surface area contributed by atoms with Crippen LogP contribution in [0.25, 0.3) is 11.0 Å². The van der Waals surface area contributed by atoms with Gasteiger partial charge in [0.15, 0.2) is 0 Å². The summed E-state index contributed by atoms with van der Waals surface area (Å²) in [5, 5.41) is 13.6. The number of amidine groups is 1. The third-order valence-electron chi connectivity index (χ3n) is 5.98. The van der Waals surface area contributed by atoms with E-state index in [0.29, 0.717) is 12.1 Å². The van der Waals surface area contributed by atoms with E-state index >= 15 is 0 Å². The number of H-pyrrole nitrogens is 1. The predicted octanol–water partition coefficient (Wildman–Crippen LogP) is 2.57. The lowest BCUT2D eigenvalue weighted by molar-refractivity contribution is -0.135. The fraction of sp³-hybridized carbons (Fsp3) is 0.333. The maximum Gasteiger partial charge on any atom is 0.249 e. The first-order valence-corrected chi connectivity index (χ1v) is 11.1. The van der Waals surface area contributed by atoms with Crippen molar-refractivity contribution in [1.29, 1.82) is 5.41 Å². The number of carbonyl (C=O) groups excluding carboxylic acids is 2. The van der Waals surface area contributed by atoms with Gasteiger partial charge in [-0.3, -0.25) is 15.0 Å². The second kappa shape index (κ2) is 9.32. The Morgan fingerprint density at radius 1 is 1.18 bits per heavy atom. The van der Waals surface area contributed by atoms with Gasteiger partial charge in [0.25, 0.3) is 0 Å². The van der Waals surface area contributed by atoms with E-state index in [-0.39, 0.29) is 17.6 Å². The van der Waals surface area contributed by atoms with E-state index < -0.39 is 6.04 Å². The Bertz CT molecular complexity index is 1190. The van der Waals surface area contributed by atoms with Crippen molar-refractivity contribution in [3.05, 3.63) is 58.9 Å². The van der Waals surface area contributed by atoms with Crippen molar-refractivity contribution in [1.82, 2.24) is 20.2 Å². The van der Waals surface area contributed by atoms with E-state index in [2.05, 4.69) is 15.6 Å². The summed E-state index contributed by atoms with van der Waals surface area (Å²) in [7, 11) is 0. The van der Waals surface area contributed by atoms with Crippen LogP contribution in [0.3, 0.4) is 0 Å². The second-order valence-electron chi connectivity index (χ2n) is 8.37. The van der Waals surface area contributed by atoms with Crippen LogP contribution in [0.1, 0.15) is 48.3 Å². The molecule has 0 saturated carbocycles. The third kappa shape index (κ3) is 4.82. The number of aromatic nitrogens is 2. The number of carbonyl (C=O) groups is 2. The molecule has 3 aromatic rings. The first-order valence-electron chi connectivity index (χ1n) is 11.1. The molecule has 0 radical (unpaired) electrons. The zero-order chi connectivity index (χ0) is 23.5. The summed E-state index contributed by atoms with van der Waals surface area (Å²) in [6, 6.07) is 10.4. The topological polar surface area (TPSA) is 140 Å². The Morgan fingerprint density at radius 3 is 2.52 bits per heavy atom. The molecule has 1 aliphatic heterocycles. The van der Waals surface area contributed by atoms with Crippen molar-refractivity contribution in [3.8, 4) is 0 Å². The fourth-order valence-corrected chi connectivity index (χ4v) is 4.22. The smallest absolute Gasteiger partial charge is 0.249 e. The van der Waals surface area contributed by atoms with Crippen LogP contribution in [0.2, 0.25) is 0 Å². The number of nitrogens with zero attached hydrogens (tertiary/aromatic N) is 2. The van der Waals surface area contributed by atoms with E-state index in [1.165, 1.54) is 6.92 Å². The molecule has 172 valence electrons. The normalized spacial score (nSPS) is 14.3. The molecule has 33 heavy (non-hydrogen) atoms. The van der Waals surface area contributed by atoms with Gasteiger partial charge in [-0.2, -0.15) is 0 Å². The molecule has 9 nitrogen and oxygen atoms in total. The summed E-state index contributed by atoms with van der Waals surface area (Å²) in [5.74, 6) is 0.472. The molecule has 0 spiro atoms. The molecule has 2 amide bonds. The lowest BCUT2D eigenvalue weighted by Gasteiger charge is -2.25. The van der Waals surface area contributed by atoms with Crippen molar-refractivity contribution in [2.75, 3.05) is 18.4 Å². The zero-order valence-electron chi connectivity index (χ0n) is 18.9. The highest BCUT2D eigenvalue weighted by molar-refractivity contribution is 5.95. The molecule has 1 saturated heterocycles. The molecule has 6 N–H and O–H groups in total. The molecule has 1 atom stereocenters. The molecular weight excluding hydrogens is 418 g/mol. The van der Waals surface area contributed by atoms with Gasteiger partial charge in [-0.1, -0.05) is 6.07 Å². The highest BCUT2D eigenvalue weighted by atomic mass is 16.2. The maximum atomic E-state index is 13.2. The van der Waals surface area contributed by atoms with Gasteiger partial charge in [-0.15, -0.1) is 0 Å². The van der Waals surface area contributed by atoms with Crippen LogP contribution in [-0.2, 0) is 16.1 Å². The summed E-state index contributed by atoms with van der Waals surface area (Å²) in [4.78, 5) is 34.9. The standard InChI is InChI=1S/C24H29N7O2/c1-14-18(22(28-15(2)32)24(33)31-11-3-4-12-31)9-10-19-21(14)30-20(29-19)13-27-17-7-5-16(6-8-17)23(25)26/h5-10,22,27H,3-4,11-13H2,1-2H3,(H3,25,26)(H,28,32)(H,29,30). The van der Waals surface area contributed by atoms with E-state index in [4.69, 9.17) is 16.1 Å². The Morgan fingerprint density at radius 2 is 1.88 bits per heavy atom. The van der Waals surface area contributed by atoms with Crippen molar-refractivity contribution < 1.29 is 9.59 Å². The number of benzene rings is 2. The van der Waals surface area contributed by atoms with Gasteiger partial charge in [0.2, 0.25) is 11.8 Å². The molecule has 0 aliphatic carbocycles. The Balaban J connectivity index is 1.56. The molecule has 2 aromatic carbocycles. The number of likely N-dealkylation sites (tertiary alicyclic amines) is 1. The average molecular weight is 448 g/mol. The number of nitrogens with two attached hydrogens (primary N) is 1. The SMILES string of the molecule is CC(=O)NC(C(=O)N1CCCC1)c1ccc2[nH]c(CNc3ccc(C(=N)N)cc3)nc2c1C. The first-order chi connectivity index (χ1) is 15.8. The fourth-order valence-electron chi connectivity index (χ4n) is 4.22. The molecule has 0 bridgehead atoms. The second-order valence-corrected chi connectivity index (χ2v) is 8.37. The number of rotatable bonds is 7. The summed E-state index contributed by atoms with van der Waals surface area (Å²) in [6.07, 6.45) is 1.98.